The minimum absolute atomic E-state index is 0.262. The van der Waals surface area contributed by atoms with Crippen LogP contribution in [0, 0.1) is 6.92 Å². The van der Waals surface area contributed by atoms with Crippen molar-refractivity contribution in [3.63, 3.8) is 0 Å². The monoisotopic (exact) mass is 277 g/mol. The predicted octanol–water partition coefficient (Wildman–Crippen LogP) is 0.0174. The molecule has 108 valence electrons. The number of carbonyl (C=O) groups excluding carboxylic acids is 2. The molecule has 0 bridgehead atoms. The average Bonchev–Trinajstić information content (AvgIpc) is 2.39. The maximum Gasteiger partial charge on any atom is 0.312 e. The largest absolute Gasteiger partial charge is 0.370 e. The summed E-state index contributed by atoms with van der Waals surface area (Å²) in [6, 6.07) is 1.85. The highest BCUT2D eigenvalue weighted by Gasteiger charge is 2.30. The Bertz CT molecular complexity index is 531. The van der Waals surface area contributed by atoms with Gasteiger partial charge in [-0.25, -0.2) is 9.97 Å². The fourth-order valence-corrected chi connectivity index (χ4v) is 2.07. The van der Waals surface area contributed by atoms with Gasteiger partial charge in [-0.3, -0.25) is 9.59 Å². The molecule has 1 N–H and O–H groups in total. The zero-order chi connectivity index (χ0) is 14.7. The van der Waals surface area contributed by atoms with E-state index < -0.39 is 11.8 Å². The van der Waals surface area contributed by atoms with Crippen LogP contribution in [0.5, 0.6) is 0 Å². The summed E-state index contributed by atoms with van der Waals surface area (Å²) in [5.74, 6) is 0.319. The molecule has 0 unspecified atom stereocenters. The molecule has 20 heavy (non-hydrogen) atoms. The van der Waals surface area contributed by atoms with Gasteiger partial charge in [-0.05, 0) is 13.8 Å². The van der Waals surface area contributed by atoms with Crippen molar-refractivity contribution < 1.29 is 9.59 Å². The minimum atomic E-state index is -0.492. The summed E-state index contributed by atoms with van der Waals surface area (Å²) in [5, 5.41) is 3.12. The smallest absolute Gasteiger partial charge is 0.312 e. The number of likely N-dealkylation sites (N-methyl/N-ethyl adjacent to an activating group) is 1. The summed E-state index contributed by atoms with van der Waals surface area (Å²) in [6.07, 6.45) is 0. The molecule has 7 nitrogen and oxygen atoms in total. The number of rotatable bonds is 4. The van der Waals surface area contributed by atoms with Crippen LogP contribution in [-0.4, -0.2) is 58.3 Å². The Kier molecular flexibility index (Phi) is 4.16. The summed E-state index contributed by atoms with van der Waals surface area (Å²) in [4.78, 5) is 35.1. The lowest BCUT2D eigenvalue weighted by atomic mass is 10.3. The van der Waals surface area contributed by atoms with Crippen molar-refractivity contribution in [2.24, 2.45) is 0 Å². The van der Waals surface area contributed by atoms with Gasteiger partial charge in [-0.15, -0.1) is 0 Å². The SMILES string of the molecule is CCNc1cc(C)nc(CN2CCN(C)C(=O)C2=O)n1. The van der Waals surface area contributed by atoms with Crippen LogP contribution in [0.15, 0.2) is 6.07 Å². The summed E-state index contributed by atoms with van der Waals surface area (Å²) in [6.45, 7) is 5.94. The first-order valence-electron chi connectivity index (χ1n) is 6.64. The Morgan fingerprint density at radius 3 is 2.70 bits per heavy atom. The molecule has 2 heterocycles. The van der Waals surface area contributed by atoms with E-state index in [2.05, 4.69) is 15.3 Å². The molecule has 1 aliphatic rings. The van der Waals surface area contributed by atoms with E-state index in [0.29, 0.717) is 18.9 Å². The second kappa shape index (κ2) is 5.85. The maximum atomic E-state index is 11.9. The van der Waals surface area contributed by atoms with E-state index in [0.717, 1.165) is 18.1 Å². The Morgan fingerprint density at radius 1 is 1.25 bits per heavy atom. The lowest BCUT2D eigenvalue weighted by Crippen LogP contribution is -2.52. The molecular weight excluding hydrogens is 258 g/mol. The quantitative estimate of drug-likeness (QED) is 0.785. The zero-order valence-electron chi connectivity index (χ0n) is 12.0. The minimum Gasteiger partial charge on any atom is -0.370 e. The highest BCUT2D eigenvalue weighted by Crippen LogP contribution is 2.10. The summed E-state index contributed by atoms with van der Waals surface area (Å²) in [5.41, 5.74) is 0.832. The van der Waals surface area contributed by atoms with Gasteiger partial charge in [0.1, 0.15) is 11.6 Å². The van der Waals surface area contributed by atoms with Crippen molar-refractivity contribution in [1.82, 2.24) is 19.8 Å². The fourth-order valence-electron chi connectivity index (χ4n) is 2.07. The third kappa shape index (κ3) is 3.04. The van der Waals surface area contributed by atoms with Gasteiger partial charge in [0.15, 0.2) is 0 Å². The Balaban J connectivity index is 2.13. The van der Waals surface area contributed by atoms with Crippen LogP contribution in [0.3, 0.4) is 0 Å². The molecule has 0 aliphatic carbocycles. The van der Waals surface area contributed by atoms with E-state index in [4.69, 9.17) is 0 Å². The molecule has 0 spiro atoms. The van der Waals surface area contributed by atoms with Gasteiger partial charge in [-0.2, -0.15) is 0 Å². The molecule has 2 amide bonds. The Morgan fingerprint density at radius 2 is 2.00 bits per heavy atom. The van der Waals surface area contributed by atoms with Crippen LogP contribution < -0.4 is 5.32 Å². The average molecular weight is 277 g/mol. The molecule has 1 aliphatic heterocycles. The number of amides is 2. The second-order valence-electron chi connectivity index (χ2n) is 4.79. The van der Waals surface area contributed by atoms with Gasteiger partial charge in [0.2, 0.25) is 0 Å². The summed E-state index contributed by atoms with van der Waals surface area (Å²) < 4.78 is 0. The molecule has 7 heteroatoms. The topological polar surface area (TPSA) is 78.4 Å². The van der Waals surface area contributed by atoms with Crippen LogP contribution in [0.4, 0.5) is 5.82 Å². The van der Waals surface area contributed by atoms with Gasteiger partial charge in [0.25, 0.3) is 0 Å². The lowest BCUT2D eigenvalue weighted by molar-refractivity contribution is -0.155. The number of piperazine rings is 1. The first-order valence-corrected chi connectivity index (χ1v) is 6.64. The molecule has 0 saturated carbocycles. The molecule has 1 aromatic heterocycles. The third-order valence-electron chi connectivity index (χ3n) is 3.11. The van der Waals surface area contributed by atoms with Crippen LogP contribution >= 0.6 is 0 Å². The van der Waals surface area contributed by atoms with E-state index in [1.165, 1.54) is 9.80 Å². The fraction of sp³-hybridized carbons (Fsp3) is 0.538. The van der Waals surface area contributed by atoms with E-state index in [1.54, 1.807) is 7.05 Å². The van der Waals surface area contributed by atoms with E-state index in [-0.39, 0.29) is 6.54 Å². The Hall–Kier alpha value is -2.18. The van der Waals surface area contributed by atoms with Gasteiger partial charge < -0.3 is 15.1 Å². The molecule has 2 rings (SSSR count). The molecule has 0 aromatic carbocycles. The van der Waals surface area contributed by atoms with Crippen molar-refractivity contribution in [2.45, 2.75) is 20.4 Å². The van der Waals surface area contributed by atoms with Crippen LogP contribution in [0.2, 0.25) is 0 Å². The summed E-state index contributed by atoms with van der Waals surface area (Å²) >= 11 is 0. The van der Waals surface area contributed by atoms with Crippen molar-refractivity contribution in [2.75, 3.05) is 32.0 Å². The van der Waals surface area contributed by atoms with E-state index in [9.17, 15) is 9.59 Å². The number of aryl methyl sites for hydroxylation is 1. The third-order valence-corrected chi connectivity index (χ3v) is 3.11. The Labute approximate surface area is 118 Å². The maximum absolute atomic E-state index is 11.9. The van der Waals surface area contributed by atoms with Crippen LogP contribution in [0.25, 0.3) is 0 Å². The summed E-state index contributed by atoms with van der Waals surface area (Å²) in [7, 11) is 1.63. The molecule has 0 radical (unpaired) electrons. The number of hydrogen-bond acceptors (Lipinski definition) is 5. The highest BCUT2D eigenvalue weighted by molar-refractivity contribution is 6.35. The molecule has 0 atom stereocenters. The normalized spacial score (nSPS) is 15.8. The van der Waals surface area contributed by atoms with Crippen molar-refractivity contribution in [3.8, 4) is 0 Å². The number of nitrogens with zero attached hydrogens (tertiary/aromatic N) is 4. The second-order valence-corrected chi connectivity index (χ2v) is 4.79. The van der Waals surface area contributed by atoms with E-state index >= 15 is 0 Å². The van der Waals surface area contributed by atoms with Gasteiger partial charge >= 0.3 is 11.8 Å². The van der Waals surface area contributed by atoms with Gasteiger partial charge in [0.05, 0.1) is 6.54 Å². The first-order chi connectivity index (χ1) is 9.51. The zero-order valence-corrected chi connectivity index (χ0v) is 12.0. The predicted molar refractivity (Wildman–Crippen MR) is 74.0 cm³/mol. The van der Waals surface area contributed by atoms with Crippen molar-refractivity contribution in [3.05, 3.63) is 17.6 Å². The first kappa shape index (κ1) is 14.2. The van der Waals surface area contributed by atoms with Gasteiger partial charge in [-0.1, -0.05) is 0 Å². The number of aromatic nitrogens is 2. The molecular formula is C13H19N5O2. The molecule has 1 aromatic rings. The van der Waals surface area contributed by atoms with Crippen LogP contribution in [0.1, 0.15) is 18.4 Å². The highest BCUT2D eigenvalue weighted by atomic mass is 16.2. The number of nitrogens with one attached hydrogen (secondary N) is 1. The van der Waals surface area contributed by atoms with Gasteiger partial charge in [0, 0.05) is 38.4 Å². The van der Waals surface area contributed by atoms with E-state index in [1.807, 2.05) is 19.9 Å². The van der Waals surface area contributed by atoms with Crippen molar-refractivity contribution >= 4 is 17.6 Å². The lowest BCUT2D eigenvalue weighted by Gasteiger charge is -2.31. The molecule has 1 saturated heterocycles. The number of hydrogen-bond donors (Lipinski definition) is 1. The number of anilines is 1. The van der Waals surface area contributed by atoms with Crippen LogP contribution in [-0.2, 0) is 16.1 Å². The number of carbonyl (C=O) groups is 2. The standard InChI is InChI=1S/C13H19N5O2/c1-4-14-10-7-9(2)15-11(16-10)8-18-6-5-17(3)12(19)13(18)20/h7H,4-6,8H2,1-3H3,(H,14,15,16). The van der Waals surface area contributed by atoms with Crippen molar-refractivity contribution in [1.29, 1.82) is 0 Å². The molecule has 1 fully saturated rings.